The molecular formula is C37H56N2. The third-order valence-corrected chi connectivity index (χ3v) is 10.4. The minimum Gasteiger partial charge on any atom is -0.352 e. The van der Waals surface area contributed by atoms with E-state index >= 15 is 0 Å². The van der Waals surface area contributed by atoms with Crippen molar-refractivity contribution in [3.05, 3.63) is 76.2 Å². The highest BCUT2D eigenvalue weighted by Crippen LogP contribution is 2.46. The number of hydrogen-bond acceptors (Lipinski definition) is 2. The third kappa shape index (κ3) is 5.96. The minimum absolute atomic E-state index is 0.411. The van der Waals surface area contributed by atoms with Gasteiger partial charge in [0.2, 0.25) is 0 Å². The molecule has 0 radical (unpaired) electrons. The van der Waals surface area contributed by atoms with Gasteiger partial charge in [-0.3, -0.25) is 0 Å². The number of nitrogens with zero attached hydrogens (tertiary/aromatic N) is 2. The minimum atomic E-state index is 0.411. The first-order valence-corrected chi connectivity index (χ1v) is 16.1. The van der Waals surface area contributed by atoms with Gasteiger partial charge in [-0.15, -0.1) is 0 Å². The smallest absolute Gasteiger partial charge is 0.106 e. The van der Waals surface area contributed by atoms with Crippen LogP contribution in [0.3, 0.4) is 0 Å². The summed E-state index contributed by atoms with van der Waals surface area (Å²) < 4.78 is 0. The van der Waals surface area contributed by atoms with E-state index < -0.39 is 0 Å². The average Bonchev–Trinajstić information content (AvgIpc) is 3.25. The molecule has 0 saturated carbocycles. The van der Waals surface area contributed by atoms with Gasteiger partial charge in [0, 0.05) is 35.5 Å². The zero-order valence-electron chi connectivity index (χ0n) is 26.6. The van der Waals surface area contributed by atoms with Gasteiger partial charge in [0.15, 0.2) is 0 Å². The third-order valence-electron chi connectivity index (χ3n) is 10.4. The van der Waals surface area contributed by atoms with Crippen LogP contribution in [0.25, 0.3) is 0 Å². The van der Waals surface area contributed by atoms with Crippen LogP contribution in [-0.4, -0.2) is 17.6 Å². The van der Waals surface area contributed by atoms with Crippen LogP contribution in [0.2, 0.25) is 0 Å². The highest BCUT2D eigenvalue weighted by atomic mass is 15.4. The zero-order chi connectivity index (χ0) is 28.3. The molecule has 4 rings (SSSR count). The van der Waals surface area contributed by atoms with E-state index in [0.29, 0.717) is 35.8 Å². The molecule has 2 nitrogen and oxygen atoms in total. The summed E-state index contributed by atoms with van der Waals surface area (Å²) in [6, 6.07) is 5.01. The summed E-state index contributed by atoms with van der Waals surface area (Å²) in [5.74, 6) is 3.18. The Morgan fingerprint density at radius 1 is 0.949 bits per heavy atom. The lowest BCUT2D eigenvalue weighted by molar-refractivity contribution is 0.164. The summed E-state index contributed by atoms with van der Waals surface area (Å²) >= 11 is 0. The molecule has 39 heavy (non-hydrogen) atoms. The fourth-order valence-corrected chi connectivity index (χ4v) is 7.86. The summed E-state index contributed by atoms with van der Waals surface area (Å²) in [4.78, 5) is 5.64. The molecule has 1 heterocycles. The Hall–Kier alpha value is -2.22. The normalized spacial score (nSPS) is 24.0. The predicted molar refractivity (Wildman–Crippen MR) is 171 cm³/mol. The molecule has 0 N–H and O–H groups in total. The van der Waals surface area contributed by atoms with Crippen molar-refractivity contribution >= 4 is 5.69 Å². The van der Waals surface area contributed by atoms with Crippen LogP contribution >= 0.6 is 0 Å². The largest absolute Gasteiger partial charge is 0.352 e. The van der Waals surface area contributed by atoms with Gasteiger partial charge >= 0.3 is 0 Å². The van der Waals surface area contributed by atoms with Gasteiger partial charge in [-0.2, -0.15) is 0 Å². The van der Waals surface area contributed by atoms with E-state index in [1.807, 2.05) is 0 Å². The lowest BCUT2D eigenvalue weighted by Gasteiger charge is -2.40. The Kier molecular flexibility index (Phi) is 9.89. The van der Waals surface area contributed by atoms with E-state index in [-0.39, 0.29) is 0 Å². The maximum Gasteiger partial charge on any atom is 0.106 e. The molecule has 0 bridgehead atoms. The second kappa shape index (κ2) is 13.0. The molecule has 1 aromatic carbocycles. The van der Waals surface area contributed by atoms with Crippen molar-refractivity contribution in [3.63, 3.8) is 0 Å². The molecular weight excluding hydrogens is 472 g/mol. The van der Waals surface area contributed by atoms with Crippen molar-refractivity contribution in [3.8, 4) is 0 Å². The number of hydrogen-bond donors (Lipinski definition) is 0. The predicted octanol–water partition coefficient (Wildman–Crippen LogP) is 10.4. The van der Waals surface area contributed by atoms with E-state index in [9.17, 15) is 0 Å². The molecule has 0 amide bonds. The SMILES string of the molecule is C/C=C(/CC)C(CN1C2=C(CCCC2)N(c2cc(C)c(C3C=CC=CC3)c(C)c2)C1CC)[C@H](C)[C@H](C)C(C)C. The molecule has 5 atom stereocenters. The first-order chi connectivity index (χ1) is 18.7. The lowest BCUT2D eigenvalue weighted by atomic mass is 9.74. The molecule has 1 aromatic rings. The monoisotopic (exact) mass is 528 g/mol. The van der Waals surface area contributed by atoms with Crippen LogP contribution in [0.15, 0.2) is 59.5 Å². The van der Waals surface area contributed by atoms with Crippen LogP contribution in [0, 0.1) is 37.5 Å². The Morgan fingerprint density at radius 2 is 1.62 bits per heavy atom. The molecule has 3 unspecified atom stereocenters. The van der Waals surface area contributed by atoms with Gasteiger partial charge in [0.25, 0.3) is 0 Å². The van der Waals surface area contributed by atoms with Crippen molar-refractivity contribution < 1.29 is 0 Å². The number of anilines is 1. The van der Waals surface area contributed by atoms with Crippen molar-refractivity contribution in [2.24, 2.45) is 23.7 Å². The van der Waals surface area contributed by atoms with Crippen molar-refractivity contribution in [1.29, 1.82) is 0 Å². The zero-order valence-corrected chi connectivity index (χ0v) is 26.6. The van der Waals surface area contributed by atoms with Crippen molar-refractivity contribution in [1.82, 2.24) is 4.90 Å². The van der Waals surface area contributed by atoms with Crippen LogP contribution in [0.1, 0.15) is 116 Å². The van der Waals surface area contributed by atoms with E-state index in [4.69, 9.17) is 0 Å². The highest BCUT2D eigenvalue weighted by molar-refractivity contribution is 5.62. The quantitative estimate of drug-likeness (QED) is 0.279. The fourth-order valence-electron chi connectivity index (χ4n) is 7.86. The van der Waals surface area contributed by atoms with Crippen LogP contribution < -0.4 is 4.90 Å². The van der Waals surface area contributed by atoms with Crippen molar-refractivity contribution in [2.45, 2.75) is 119 Å². The Labute approximate surface area is 240 Å². The Morgan fingerprint density at radius 3 is 2.15 bits per heavy atom. The first kappa shape index (κ1) is 29.8. The van der Waals surface area contributed by atoms with Crippen LogP contribution in [-0.2, 0) is 0 Å². The summed E-state index contributed by atoms with van der Waals surface area (Å²) in [6.45, 7) is 22.7. The van der Waals surface area contributed by atoms with Gasteiger partial charge in [-0.05, 0) is 112 Å². The van der Waals surface area contributed by atoms with Gasteiger partial charge in [0.05, 0.1) is 0 Å². The molecule has 2 heteroatoms. The summed E-state index contributed by atoms with van der Waals surface area (Å²) in [6.07, 6.45) is 20.4. The molecule has 3 aliphatic rings. The molecule has 0 aromatic heterocycles. The number of benzene rings is 1. The molecule has 2 aliphatic carbocycles. The summed E-state index contributed by atoms with van der Waals surface area (Å²) in [7, 11) is 0. The first-order valence-electron chi connectivity index (χ1n) is 16.1. The second-order valence-electron chi connectivity index (χ2n) is 12.9. The molecule has 214 valence electrons. The molecule has 1 aliphatic heterocycles. The van der Waals surface area contributed by atoms with E-state index in [0.717, 1.165) is 25.8 Å². The molecule has 0 saturated heterocycles. The summed E-state index contributed by atoms with van der Waals surface area (Å²) in [5.41, 5.74) is 10.7. The maximum atomic E-state index is 2.87. The second-order valence-corrected chi connectivity index (χ2v) is 12.9. The van der Waals surface area contributed by atoms with E-state index in [1.54, 1.807) is 17.0 Å². The standard InChI is InChI=1S/C37H56N2/c1-10-30(11-2)33(29(9)28(8)25(4)5)24-38-34-20-16-17-21-35(34)39(36(38)12-3)32-22-26(6)37(27(7)23-32)31-18-14-13-15-19-31/h10,13-15,18,22-23,25,28-29,31,33,36H,11-12,16-17,19-21,24H2,1-9H3/b30-10-/t28-,29-,31?,33?,36?/m1/s1. The van der Waals surface area contributed by atoms with E-state index in [2.05, 4.69) is 115 Å². The van der Waals surface area contributed by atoms with Gasteiger partial charge in [0.1, 0.15) is 6.17 Å². The van der Waals surface area contributed by atoms with Gasteiger partial charge in [-0.25, -0.2) is 0 Å². The van der Waals surface area contributed by atoms with Crippen molar-refractivity contribution in [2.75, 3.05) is 11.4 Å². The van der Waals surface area contributed by atoms with Gasteiger partial charge in [-0.1, -0.05) is 77.5 Å². The molecule has 0 spiro atoms. The topological polar surface area (TPSA) is 6.48 Å². The van der Waals surface area contributed by atoms with Gasteiger partial charge < -0.3 is 9.80 Å². The highest BCUT2D eigenvalue weighted by Gasteiger charge is 2.41. The lowest BCUT2D eigenvalue weighted by Crippen LogP contribution is -2.44. The number of allylic oxidation sites excluding steroid dienone is 7. The fraction of sp³-hybridized carbons (Fsp3) is 0.622. The van der Waals surface area contributed by atoms with E-state index in [1.165, 1.54) is 48.1 Å². The number of rotatable bonds is 10. The number of aryl methyl sites for hydroxylation is 2. The van der Waals surface area contributed by atoms with Crippen LogP contribution in [0.5, 0.6) is 0 Å². The average molecular weight is 529 g/mol. The maximum absolute atomic E-state index is 2.87. The molecule has 0 fully saturated rings. The summed E-state index contributed by atoms with van der Waals surface area (Å²) in [5, 5.41) is 0. The Balaban J connectivity index is 1.73. The van der Waals surface area contributed by atoms with Crippen LogP contribution in [0.4, 0.5) is 5.69 Å². The Bertz CT molecular complexity index is 1090.